The first-order valence-corrected chi connectivity index (χ1v) is 4.57. The third-order valence-electron chi connectivity index (χ3n) is 1.41. The van der Waals surface area contributed by atoms with Gasteiger partial charge in [0.25, 0.3) is 5.91 Å². The molecule has 3 nitrogen and oxygen atoms in total. The molecule has 0 aliphatic carbocycles. The second kappa shape index (κ2) is 4.77. The van der Waals surface area contributed by atoms with Crippen molar-refractivity contribution in [3.63, 3.8) is 0 Å². The van der Waals surface area contributed by atoms with Crippen molar-refractivity contribution in [1.29, 1.82) is 0 Å². The molecule has 0 saturated carbocycles. The van der Waals surface area contributed by atoms with Crippen molar-refractivity contribution in [2.24, 2.45) is 5.10 Å². The second-order valence-electron chi connectivity index (χ2n) is 2.31. The Morgan fingerprint density at radius 1 is 1.54 bits per heavy atom. The van der Waals surface area contributed by atoms with Crippen molar-refractivity contribution < 1.29 is 4.79 Å². The average Bonchev–Trinajstić information content (AvgIpc) is 2.15. The maximum Gasteiger partial charge on any atom is 0.272 e. The summed E-state index contributed by atoms with van der Waals surface area (Å²) >= 11 is 3.28. The normalized spacial score (nSPS) is 10.3. The lowest BCUT2D eigenvalue weighted by Crippen LogP contribution is -2.17. The molecule has 0 aromatic heterocycles. The first-order chi connectivity index (χ1) is 6.25. The van der Waals surface area contributed by atoms with Gasteiger partial charge in [0.05, 0.1) is 5.56 Å². The molecule has 0 atom stereocenters. The summed E-state index contributed by atoms with van der Waals surface area (Å²) < 4.78 is 0.763. The van der Waals surface area contributed by atoms with Crippen molar-refractivity contribution in [2.45, 2.75) is 6.92 Å². The molecule has 1 amide bonds. The van der Waals surface area contributed by atoms with Crippen LogP contribution < -0.4 is 5.43 Å². The topological polar surface area (TPSA) is 41.5 Å². The molecule has 0 saturated heterocycles. The highest BCUT2D eigenvalue weighted by Gasteiger charge is 2.06. The molecular formula is C9H9BrN2O. The Morgan fingerprint density at radius 3 is 2.85 bits per heavy atom. The molecular weight excluding hydrogens is 232 g/mol. The first kappa shape index (κ1) is 9.92. The Kier molecular flexibility index (Phi) is 3.64. The van der Waals surface area contributed by atoms with Crippen LogP contribution in [0.3, 0.4) is 0 Å². The highest BCUT2D eigenvalue weighted by molar-refractivity contribution is 9.10. The maximum absolute atomic E-state index is 11.4. The van der Waals surface area contributed by atoms with E-state index in [1.165, 1.54) is 6.21 Å². The van der Waals surface area contributed by atoms with Gasteiger partial charge in [-0.15, -0.1) is 0 Å². The van der Waals surface area contributed by atoms with Crippen molar-refractivity contribution >= 4 is 28.1 Å². The number of hydrazone groups is 1. The van der Waals surface area contributed by atoms with Crippen LogP contribution in [0.4, 0.5) is 0 Å². The van der Waals surface area contributed by atoms with Gasteiger partial charge in [0.15, 0.2) is 0 Å². The van der Waals surface area contributed by atoms with E-state index in [2.05, 4.69) is 26.5 Å². The monoisotopic (exact) mass is 240 g/mol. The van der Waals surface area contributed by atoms with Crippen LogP contribution in [0, 0.1) is 0 Å². The van der Waals surface area contributed by atoms with E-state index < -0.39 is 0 Å². The Hall–Kier alpha value is -1.16. The molecule has 0 aliphatic heterocycles. The fraction of sp³-hybridized carbons (Fsp3) is 0.111. The molecule has 13 heavy (non-hydrogen) atoms. The van der Waals surface area contributed by atoms with Gasteiger partial charge in [-0.05, 0) is 35.0 Å². The van der Waals surface area contributed by atoms with Gasteiger partial charge in [-0.25, -0.2) is 5.43 Å². The number of hydrogen-bond acceptors (Lipinski definition) is 2. The third kappa shape index (κ3) is 2.66. The van der Waals surface area contributed by atoms with Gasteiger partial charge in [-0.2, -0.15) is 5.10 Å². The van der Waals surface area contributed by atoms with Gasteiger partial charge in [0.1, 0.15) is 0 Å². The minimum absolute atomic E-state index is 0.217. The molecule has 0 fully saturated rings. The summed E-state index contributed by atoms with van der Waals surface area (Å²) in [5, 5.41) is 3.64. The lowest BCUT2D eigenvalue weighted by atomic mass is 10.2. The minimum atomic E-state index is -0.217. The minimum Gasteiger partial charge on any atom is -0.267 e. The van der Waals surface area contributed by atoms with Crippen LogP contribution in [0.15, 0.2) is 33.8 Å². The number of amides is 1. The van der Waals surface area contributed by atoms with Crippen LogP contribution in [-0.2, 0) is 0 Å². The molecule has 1 N–H and O–H groups in total. The van der Waals surface area contributed by atoms with Gasteiger partial charge in [0.2, 0.25) is 0 Å². The number of carbonyl (C=O) groups excluding carboxylic acids is 1. The highest BCUT2D eigenvalue weighted by Crippen LogP contribution is 2.15. The summed E-state index contributed by atoms with van der Waals surface area (Å²) in [4.78, 5) is 11.4. The number of carbonyl (C=O) groups is 1. The van der Waals surface area contributed by atoms with Crippen molar-refractivity contribution in [2.75, 3.05) is 0 Å². The fourth-order valence-electron chi connectivity index (χ4n) is 0.829. The van der Waals surface area contributed by atoms with E-state index in [9.17, 15) is 4.79 Å². The van der Waals surface area contributed by atoms with E-state index in [0.717, 1.165) is 4.47 Å². The SMILES string of the molecule is C/C=N/NC(=O)c1ccccc1Br. The quantitative estimate of drug-likeness (QED) is 0.625. The van der Waals surface area contributed by atoms with E-state index >= 15 is 0 Å². The van der Waals surface area contributed by atoms with E-state index in [1.807, 2.05) is 12.1 Å². The number of benzene rings is 1. The molecule has 1 aromatic rings. The molecule has 1 rings (SSSR count). The molecule has 0 bridgehead atoms. The highest BCUT2D eigenvalue weighted by atomic mass is 79.9. The molecule has 0 unspecified atom stereocenters. The molecule has 0 heterocycles. The van der Waals surface area contributed by atoms with Gasteiger partial charge in [0, 0.05) is 10.7 Å². The van der Waals surface area contributed by atoms with Crippen molar-refractivity contribution in [1.82, 2.24) is 5.43 Å². The fourth-order valence-corrected chi connectivity index (χ4v) is 1.29. The molecule has 0 spiro atoms. The van der Waals surface area contributed by atoms with Crippen LogP contribution in [0.25, 0.3) is 0 Å². The Bertz CT molecular complexity index is 336. The summed E-state index contributed by atoms with van der Waals surface area (Å²) in [5.74, 6) is -0.217. The molecule has 68 valence electrons. The maximum atomic E-state index is 11.4. The molecule has 0 aliphatic rings. The molecule has 4 heteroatoms. The Labute approximate surface area is 85.0 Å². The van der Waals surface area contributed by atoms with E-state index in [1.54, 1.807) is 19.1 Å². The number of halogens is 1. The largest absolute Gasteiger partial charge is 0.272 e. The van der Waals surface area contributed by atoms with Crippen molar-refractivity contribution in [3.8, 4) is 0 Å². The number of nitrogens with one attached hydrogen (secondary N) is 1. The number of rotatable bonds is 2. The van der Waals surface area contributed by atoms with Crippen LogP contribution >= 0.6 is 15.9 Å². The zero-order valence-electron chi connectivity index (χ0n) is 7.12. The van der Waals surface area contributed by atoms with E-state index in [0.29, 0.717) is 5.56 Å². The van der Waals surface area contributed by atoms with Crippen LogP contribution in [-0.4, -0.2) is 12.1 Å². The summed E-state index contributed by atoms with van der Waals surface area (Å²) in [5.41, 5.74) is 2.97. The molecule has 0 radical (unpaired) electrons. The van der Waals surface area contributed by atoms with E-state index in [-0.39, 0.29) is 5.91 Å². The molecule has 1 aromatic carbocycles. The average molecular weight is 241 g/mol. The second-order valence-corrected chi connectivity index (χ2v) is 3.16. The Morgan fingerprint density at radius 2 is 2.23 bits per heavy atom. The third-order valence-corrected chi connectivity index (χ3v) is 2.11. The van der Waals surface area contributed by atoms with Gasteiger partial charge >= 0.3 is 0 Å². The van der Waals surface area contributed by atoms with Gasteiger partial charge in [-0.1, -0.05) is 12.1 Å². The summed E-state index contributed by atoms with van der Waals surface area (Å²) in [6.07, 6.45) is 1.52. The van der Waals surface area contributed by atoms with Gasteiger partial charge < -0.3 is 0 Å². The first-order valence-electron chi connectivity index (χ1n) is 3.78. The lowest BCUT2D eigenvalue weighted by molar-refractivity contribution is 0.0954. The lowest BCUT2D eigenvalue weighted by Gasteiger charge is -2.00. The standard InChI is InChI=1S/C9H9BrN2O/c1-2-11-12-9(13)7-5-3-4-6-8(7)10/h2-6H,1H3,(H,12,13)/b11-2+. The van der Waals surface area contributed by atoms with Crippen molar-refractivity contribution in [3.05, 3.63) is 34.3 Å². The zero-order chi connectivity index (χ0) is 9.68. The predicted octanol–water partition coefficient (Wildman–Crippen LogP) is 2.18. The zero-order valence-corrected chi connectivity index (χ0v) is 8.71. The summed E-state index contributed by atoms with van der Waals surface area (Å²) in [6.45, 7) is 1.74. The van der Waals surface area contributed by atoms with E-state index in [4.69, 9.17) is 0 Å². The van der Waals surface area contributed by atoms with Crippen LogP contribution in [0.2, 0.25) is 0 Å². The summed E-state index contributed by atoms with van der Waals surface area (Å²) in [7, 11) is 0. The number of nitrogens with zero attached hydrogens (tertiary/aromatic N) is 1. The summed E-state index contributed by atoms with van der Waals surface area (Å²) in [6, 6.07) is 7.19. The predicted molar refractivity (Wildman–Crippen MR) is 55.8 cm³/mol. The smallest absolute Gasteiger partial charge is 0.267 e. The number of hydrogen-bond donors (Lipinski definition) is 1. The van der Waals surface area contributed by atoms with Crippen LogP contribution in [0.5, 0.6) is 0 Å². The van der Waals surface area contributed by atoms with Crippen LogP contribution in [0.1, 0.15) is 17.3 Å². The van der Waals surface area contributed by atoms with Gasteiger partial charge in [-0.3, -0.25) is 4.79 Å². The Balaban J connectivity index is 2.83.